The molecule has 0 aromatic heterocycles. The lowest BCUT2D eigenvalue weighted by molar-refractivity contribution is -0.132. The van der Waals surface area contributed by atoms with Crippen LogP contribution < -0.4 is 4.72 Å². The minimum absolute atomic E-state index is 0.180. The van der Waals surface area contributed by atoms with E-state index in [-0.39, 0.29) is 22.6 Å². The third-order valence-electron chi connectivity index (χ3n) is 4.67. The van der Waals surface area contributed by atoms with Gasteiger partial charge in [0.2, 0.25) is 5.91 Å². The van der Waals surface area contributed by atoms with Gasteiger partial charge in [-0.15, -0.1) is 0 Å². The highest BCUT2D eigenvalue weighted by Gasteiger charge is 2.32. The number of aliphatic imine (C=N–C) groups is 1. The summed E-state index contributed by atoms with van der Waals surface area (Å²) in [6, 6.07) is 13.3. The molecule has 0 saturated carbocycles. The Balaban J connectivity index is 1.90. The molecule has 29 heavy (non-hydrogen) atoms. The molecule has 0 spiro atoms. The van der Waals surface area contributed by atoms with Gasteiger partial charge in [0.05, 0.1) is 4.90 Å². The second-order valence-corrected chi connectivity index (χ2v) is 9.57. The molecule has 2 aromatic carbocycles. The van der Waals surface area contributed by atoms with Crippen LogP contribution in [0.2, 0.25) is 5.02 Å². The number of nitrogens with one attached hydrogen (secondary N) is 1. The number of likely N-dealkylation sites (N-methyl/N-ethyl adjacent to an activating group) is 1. The van der Waals surface area contributed by atoms with Gasteiger partial charge in [0.1, 0.15) is 11.9 Å². The molecule has 1 atom stereocenters. The van der Waals surface area contributed by atoms with Crippen molar-refractivity contribution in [2.45, 2.75) is 37.8 Å². The van der Waals surface area contributed by atoms with Gasteiger partial charge in [-0.3, -0.25) is 14.5 Å². The molecule has 1 unspecified atom stereocenters. The number of amidine groups is 1. The van der Waals surface area contributed by atoms with E-state index in [0.717, 1.165) is 5.56 Å². The fourth-order valence-electron chi connectivity index (χ4n) is 3.26. The fourth-order valence-corrected chi connectivity index (χ4v) is 4.69. The number of hydrogen-bond acceptors (Lipinski definition) is 4. The Morgan fingerprint density at radius 3 is 2.48 bits per heavy atom. The zero-order valence-corrected chi connectivity index (χ0v) is 18.2. The molecule has 154 valence electrons. The predicted octanol–water partition coefficient (Wildman–Crippen LogP) is 3.45. The number of nitrogens with zero attached hydrogens (tertiary/aromatic N) is 2. The molecular weight excluding hydrogens is 410 g/mol. The topological polar surface area (TPSA) is 78.8 Å². The highest BCUT2D eigenvalue weighted by atomic mass is 35.5. The largest absolute Gasteiger partial charge is 0.340 e. The van der Waals surface area contributed by atoms with Crippen LogP contribution in [0.25, 0.3) is 0 Å². The number of halogens is 1. The highest BCUT2D eigenvalue weighted by Crippen LogP contribution is 2.24. The Kier molecular flexibility index (Phi) is 6.29. The van der Waals surface area contributed by atoms with Gasteiger partial charge in [-0.25, -0.2) is 8.42 Å². The van der Waals surface area contributed by atoms with E-state index in [1.807, 2.05) is 32.0 Å². The second kappa shape index (κ2) is 8.55. The zero-order valence-electron chi connectivity index (χ0n) is 16.6. The first-order chi connectivity index (χ1) is 13.7. The van der Waals surface area contributed by atoms with Gasteiger partial charge in [-0.2, -0.15) is 0 Å². The predicted molar refractivity (Wildman–Crippen MR) is 114 cm³/mol. The van der Waals surface area contributed by atoms with E-state index < -0.39 is 16.1 Å². The van der Waals surface area contributed by atoms with Gasteiger partial charge < -0.3 is 4.90 Å². The van der Waals surface area contributed by atoms with Gasteiger partial charge >= 0.3 is 0 Å². The van der Waals surface area contributed by atoms with Crippen molar-refractivity contribution < 1.29 is 13.2 Å². The first-order valence-corrected chi connectivity index (χ1v) is 11.2. The molecule has 1 N–H and O–H groups in total. The van der Waals surface area contributed by atoms with Crippen molar-refractivity contribution in [3.63, 3.8) is 0 Å². The standard InChI is InChI=1S/C21H24ClN3O3S/c1-14(2)12-18(21(26)25(3)13-15-8-4-6-10-17(15)22)23-20-16-9-5-7-11-19(16)29(27,28)24-20/h4-11,14,18H,12-13H2,1-3H3,(H,23,24). The Bertz CT molecular complexity index is 1050. The summed E-state index contributed by atoms with van der Waals surface area (Å²) in [6.07, 6.45) is 0.499. The maximum absolute atomic E-state index is 13.2. The summed E-state index contributed by atoms with van der Waals surface area (Å²) in [4.78, 5) is 19.5. The second-order valence-electron chi connectivity index (χ2n) is 7.51. The summed E-state index contributed by atoms with van der Waals surface area (Å²) in [5.41, 5.74) is 1.33. The van der Waals surface area contributed by atoms with Crippen LogP contribution in [0, 0.1) is 5.92 Å². The van der Waals surface area contributed by atoms with Crippen molar-refractivity contribution in [3.05, 3.63) is 64.7 Å². The Labute approximate surface area is 176 Å². The normalized spacial score (nSPS) is 17.1. The molecule has 6 nitrogen and oxygen atoms in total. The number of benzene rings is 2. The van der Waals surface area contributed by atoms with Crippen molar-refractivity contribution in [2.75, 3.05) is 7.05 Å². The fraction of sp³-hybridized carbons (Fsp3) is 0.333. The molecule has 2 aromatic rings. The minimum Gasteiger partial charge on any atom is -0.340 e. The number of sulfonamides is 1. The summed E-state index contributed by atoms with van der Waals surface area (Å²) >= 11 is 6.22. The first-order valence-electron chi connectivity index (χ1n) is 9.37. The smallest absolute Gasteiger partial charge is 0.263 e. The third kappa shape index (κ3) is 4.79. The lowest BCUT2D eigenvalue weighted by Gasteiger charge is -2.23. The van der Waals surface area contributed by atoms with E-state index in [1.54, 1.807) is 36.2 Å². The molecule has 1 aliphatic heterocycles. The monoisotopic (exact) mass is 433 g/mol. The van der Waals surface area contributed by atoms with Crippen molar-refractivity contribution in [1.29, 1.82) is 0 Å². The third-order valence-corrected chi connectivity index (χ3v) is 6.43. The van der Waals surface area contributed by atoms with Gasteiger partial charge in [-0.05, 0) is 36.1 Å². The lowest BCUT2D eigenvalue weighted by atomic mass is 10.0. The number of fused-ring (bicyclic) bond motifs is 1. The molecular formula is C21H24ClN3O3S. The van der Waals surface area contributed by atoms with Crippen molar-refractivity contribution >= 4 is 33.4 Å². The summed E-state index contributed by atoms with van der Waals surface area (Å²) in [5.74, 6) is 0.232. The van der Waals surface area contributed by atoms with Crippen LogP contribution in [0.4, 0.5) is 0 Å². The molecule has 0 bridgehead atoms. The van der Waals surface area contributed by atoms with Crippen LogP contribution in [0.15, 0.2) is 58.4 Å². The molecule has 8 heteroatoms. The highest BCUT2D eigenvalue weighted by molar-refractivity contribution is 7.90. The summed E-state index contributed by atoms with van der Waals surface area (Å²) in [5, 5.41) is 0.594. The Morgan fingerprint density at radius 1 is 1.14 bits per heavy atom. The van der Waals surface area contributed by atoms with Crippen molar-refractivity contribution in [3.8, 4) is 0 Å². The SMILES string of the molecule is CC(C)CC(N=C1NS(=O)(=O)c2ccccc21)C(=O)N(C)Cc1ccccc1Cl. The van der Waals surface area contributed by atoms with Gasteiger partial charge in [-0.1, -0.05) is 55.8 Å². The van der Waals surface area contributed by atoms with Gasteiger partial charge in [0, 0.05) is 24.2 Å². The van der Waals surface area contributed by atoms with E-state index in [0.29, 0.717) is 23.6 Å². The van der Waals surface area contributed by atoms with Crippen LogP contribution in [0.5, 0.6) is 0 Å². The average Bonchev–Trinajstić information content (AvgIpc) is 2.92. The van der Waals surface area contributed by atoms with Crippen LogP contribution >= 0.6 is 11.6 Å². The number of amides is 1. The van der Waals surface area contributed by atoms with Crippen LogP contribution in [0.3, 0.4) is 0 Å². The zero-order chi connectivity index (χ0) is 21.2. The van der Waals surface area contributed by atoms with Crippen molar-refractivity contribution in [2.24, 2.45) is 10.9 Å². The molecule has 0 radical (unpaired) electrons. The van der Waals surface area contributed by atoms with Gasteiger partial charge in [0.25, 0.3) is 10.0 Å². The van der Waals surface area contributed by atoms with Crippen LogP contribution in [-0.4, -0.2) is 38.2 Å². The van der Waals surface area contributed by atoms with E-state index >= 15 is 0 Å². The quantitative estimate of drug-likeness (QED) is 0.757. The molecule has 0 aliphatic carbocycles. The van der Waals surface area contributed by atoms with E-state index in [9.17, 15) is 13.2 Å². The van der Waals surface area contributed by atoms with Crippen LogP contribution in [-0.2, 0) is 21.4 Å². The Hall–Kier alpha value is -2.38. The average molecular weight is 434 g/mol. The lowest BCUT2D eigenvalue weighted by Crippen LogP contribution is -2.37. The summed E-state index contributed by atoms with van der Waals surface area (Å²) in [6.45, 7) is 4.35. The first kappa shape index (κ1) is 21.3. The summed E-state index contributed by atoms with van der Waals surface area (Å²) < 4.78 is 27.2. The molecule has 0 fully saturated rings. The molecule has 3 rings (SSSR count). The molecule has 0 saturated heterocycles. The number of carbonyl (C=O) groups excluding carboxylic acids is 1. The number of hydrogen-bond donors (Lipinski definition) is 1. The van der Waals surface area contributed by atoms with E-state index in [2.05, 4.69) is 9.71 Å². The maximum Gasteiger partial charge on any atom is 0.263 e. The minimum atomic E-state index is -3.65. The summed E-state index contributed by atoms with van der Waals surface area (Å²) in [7, 11) is -1.95. The molecule has 1 heterocycles. The maximum atomic E-state index is 13.2. The van der Waals surface area contributed by atoms with E-state index in [4.69, 9.17) is 11.6 Å². The molecule has 1 aliphatic rings. The molecule has 1 amide bonds. The number of rotatable bonds is 6. The van der Waals surface area contributed by atoms with Crippen LogP contribution in [0.1, 0.15) is 31.4 Å². The number of carbonyl (C=O) groups is 1. The van der Waals surface area contributed by atoms with E-state index in [1.165, 1.54) is 6.07 Å². The van der Waals surface area contributed by atoms with Crippen molar-refractivity contribution in [1.82, 2.24) is 9.62 Å². The van der Waals surface area contributed by atoms with Gasteiger partial charge in [0.15, 0.2) is 0 Å². The Morgan fingerprint density at radius 2 is 1.79 bits per heavy atom.